The third-order valence-corrected chi connectivity index (χ3v) is 1.94. The van der Waals surface area contributed by atoms with E-state index in [0.717, 1.165) is 0 Å². The van der Waals surface area contributed by atoms with E-state index in [-0.39, 0.29) is 5.71 Å². The van der Waals surface area contributed by atoms with Crippen LogP contribution in [0.4, 0.5) is 0 Å². The summed E-state index contributed by atoms with van der Waals surface area (Å²) in [4.78, 5) is 26.3. The van der Waals surface area contributed by atoms with Gasteiger partial charge in [0.1, 0.15) is 18.4 Å². The Morgan fingerprint density at radius 2 is 2.31 bits per heavy atom. The van der Waals surface area contributed by atoms with Gasteiger partial charge in [-0.1, -0.05) is 0 Å². The molecule has 16 heavy (non-hydrogen) atoms. The second-order valence-corrected chi connectivity index (χ2v) is 3.03. The maximum absolute atomic E-state index is 10.5. The zero-order valence-corrected chi connectivity index (χ0v) is 8.32. The topological polar surface area (TPSA) is 111 Å². The van der Waals surface area contributed by atoms with Crippen LogP contribution in [0.2, 0.25) is 0 Å². The van der Waals surface area contributed by atoms with Crippen molar-refractivity contribution in [1.82, 2.24) is 5.43 Å². The summed E-state index contributed by atoms with van der Waals surface area (Å²) < 4.78 is 0. The average Bonchev–Trinajstić information content (AvgIpc) is 2.73. The smallest absolute Gasteiger partial charge is 0.351 e. The number of hydrogen-bond donors (Lipinski definition) is 2. The Balaban J connectivity index is 2.11. The number of carbonyl (C=O) groups is 1. The number of fused-ring (bicyclic) bond motifs is 1. The van der Waals surface area contributed by atoms with Crippen molar-refractivity contribution in [3.05, 3.63) is 0 Å². The highest BCUT2D eigenvalue weighted by Gasteiger charge is 2.26. The third-order valence-electron chi connectivity index (χ3n) is 1.94. The molecule has 0 aliphatic carbocycles. The highest BCUT2D eigenvalue weighted by Crippen LogP contribution is 2.07. The number of nitrogens with zero attached hydrogens (tertiary/aromatic N) is 5. The maximum atomic E-state index is 10.5. The van der Waals surface area contributed by atoms with Crippen molar-refractivity contribution in [3.63, 3.8) is 0 Å². The molecule has 2 heterocycles. The van der Waals surface area contributed by atoms with Gasteiger partial charge >= 0.3 is 5.97 Å². The lowest BCUT2D eigenvalue weighted by molar-refractivity contribution is -0.129. The molecule has 1 unspecified atom stereocenters. The van der Waals surface area contributed by atoms with Crippen LogP contribution in [0.1, 0.15) is 6.92 Å². The Kier molecular flexibility index (Phi) is 2.54. The summed E-state index contributed by atoms with van der Waals surface area (Å²) >= 11 is 0. The molecule has 0 spiro atoms. The van der Waals surface area contributed by atoms with Gasteiger partial charge in [-0.3, -0.25) is 10.4 Å². The fourth-order valence-electron chi connectivity index (χ4n) is 1.09. The van der Waals surface area contributed by atoms with Crippen LogP contribution >= 0.6 is 0 Å². The van der Waals surface area contributed by atoms with Crippen molar-refractivity contribution in [2.75, 3.05) is 0 Å². The van der Waals surface area contributed by atoms with Gasteiger partial charge in [-0.25, -0.2) is 19.8 Å². The molecule has 8 nitrogen and oxygen atoms in total. The maximum Gasteiger partial charge on any atom is 0.351 e. The molecule has 2 rings (SSSR count). The number of rotatable bonds is 2. The fraction of sp³-hybridized carbons (Fsp3) is 0.250. The number of amidine groups is 2. The Labute approximate surface area is 90.2 Å². The van der Waals surface area contributed by atoms with E-state index >= 15 is 0 Å². The normalized spacial score (nSPS) is 22.6. The summed E-state index contributed by atoms with van der Waals surface area (Å²) in [5.41, 5.74) is 2.48. The van der Waals surface area contributed by atoms with E-state index in [1.807, 2.05) is 0 Å². The summed E-state index contributed by atoms with van der Waals surface area (Å²) in [5, 5.41) is 12.3. The summed E-state index contributed by atoms with van der Waals surface area (Å²) in [6, 6.07) is -0.407. The van der Waals surface area contributed by atoms with Crippen LogP contribution < -0.4 is 5.43 Å². The first-order valence-corrected chi connectivity index (χ1v) is 4.41. The van der Waals surface area contributed by atoms with E-state index in [0.29, 0.717) is 11.7 Å². The van der Waals surface area contributed by atoms with Crippen LogP contribution in [0.25, 0.3) is 0 Å². The predicted molar refractivity (Wildman–Crippen MR) is 59.5 cm³/mol. The highest BCUT2D eigenvalue weighted by atomic mass is 16.4. The second-order valence-electron chi connectivity index (χ2n) is 3.03. The summed E-state index contributed by atoms with van der Waals surface area (Å²) in [7, 11) is 0. The molecule has 0 bridgehead atoms. The van der Waals surface area contributed by atoms with Crippen molar-refractivity contribution in [1.29, 1.82) is 0 Å². The molecule has 2 aliphatic rings. The molecule has 0 radical (unpaired) electrons. The molecule has 0 amide bonds. The zero-order chi connectivity index (χ0) is 11.5. The van der Waals surface area contributed by atoms with Gasteiger partial charge < -0.3 is 5.11 Å². The molecule has 2 aliphatic heterocycles. The third kappa shape index (κ3) is 1.85. The van der Waals surface area contributed by atoms with Gasteiger partial charge in [0, 0.05) is 0 Å². The Morgan fingerprint density at radius 3 is 3.06 bits per heavy atom. The lowest BCUT2D eigenvalue weighted by atomic mass is 10.2. The number of hydrogen-bond acceptors (Lipinski definition) is 7. The first-order valence-electron chi connectivity index (χ1n) is 4.41. The van der Waals surface area contributed by atoms with Gasteiger partial charge in [0.05, 0.1) is 0 Å². The zero-order valence-electron chi connectivity index (χ0n) is 8.32. The van der Waals surface area contributed by atoms with E-state index in [2.05, 4.69) is 30.5 Å². The highest BCUT2D eigenvalue weighted by molar-refractivity contribution is 6.34. The molecule has 8 heteroatoms. The minimum absolute atomic E-state index is 0.0642. The van der Waals surface area contributed by atoms with E-state index < -0.39 is 12.0 Å². The molecule has 82 valence electrons. The molecular weight excluding hydrogens is 212 g/mol. The Bertz CT molecular complexity index is 473. The van der Waals surface area contributed by atoms with Crippen LogP contribution in [0.3, 0.4) is 0 Å². The van der Waals surface area contributed by atoms with Gasteiger partial charge in [0.2, 0.25) is 0 Å². The Hall–Kier alpha value is -2.38. The summed E-state index contributed by atoms with van der Waals surface area (Å²) in [6.45, 7) is 1.37. The first kappa shape index (κ1) is 10.1. The molecule has 2 N–H and O–H groups in total. The van der Waals surface area contributed by atoms with Gasteiger partial charge in [0.25, 0.3) is 0 Å². The largest absolute Gasteiger partial charge is 0.477 e. The van der Waals surface area contributed by atoms with E-state index in [1.54, 1.807) is 0 Å². The number of aliphatic carboxylic acids is 1. The molecule has 0 saturated heterocycles. The molecule has 0 fully saturated rings. The SMILES string of the molecule is C/C(=N\NC1=NC=NC2=NC=NC21)C(=O)O. The number of aliphatic imine (C=N–C) groups is 4. The van der Waals surface area contributed by atoms with E-state index in [4.69, 9.17) is 5.11 Å². The predicted octanol–water partition coefficient (Wildman–Crippen LogP) is -0.714. The lowest BCUT2D eigenvalue weighted by Gasteiger charge is -2.12. The van der Waals surface area contributed by atoms with E-state index in [1.165, 1.54) is 19.6 Å². The second kappa shape index (κ2) is 4.01. The molecule has 0 saturated carbocycles. The van der Waals surface area contributed by atoms with E-state index in [9.17, 15) is 4.79 Å². The van der Waals surface area contributed by atoms with Crippen molar-refractivity contribution in [3.8, 4) is 0 Å². The number of nitrogens with one attached hydrogen (secondary N) is 1. The first-order chi connectivity index (χ1) is 7.68. The molecule has 0 aromatic carbocycles. The van der Waals surface area contributed by atoms with Crippen LogP contribution in [0, 0.1) is 0 Å². The molecule has 0 aromatic heterocycles. The van der Waals surface area contributed by atoms with Gasteiger partial charge in [-0.15, -0.1) is 0 Å². The van der Waals surface area contributed by atoms with Crippen molar-refractivity contribution in [2.45, 2.75) is 13.0 Å². The van der Waals surface area contributed by atoms with Crippen LogP contribution in [-0.2, 0) is 4.79 Å². The van der Waals surface area contributed by atoms with Crippen molar-refractivity contribution < 1.29 is 9.90 Å². The summed E-state index contributed by atoms with van der Waals surface area (Å²) in [5.74, 6) is -0.176. The van der Waals surface area contributed by atoms with Crippen LogP contribution in [-0.4, -0.2) is 47.2 Å². The van der Waals surface area contributed by atoms with Gasteiger partial charge in [-0.2, -0.15) is 5.10 Å². The van der Waals surface area contributed by atoms with Crippen LogP contribution in [0.15, 0.2) is 25.1 Å². The molecular formula is C8H8N6O2. The van der Waals surface area contributed by atoms with Gasteiger partial charge in [-0.05, 0) is 6.92 Å². The lowest BCUT2D eigenvalue weighted by Crippen LogP contribution is -2.37. The molecule has 0 aromatic rings. The van der Waals surface area contributed by atoms with Crippen molar-refractivity contribution in [2.24, 2.45) is 25.1 Å². The standard InChI is InChI=1S/C8H8N6O2/c1-4(8(15)16)13-14-7-5-6(10-2-9-5)11-3-12-7/h2-3,5H,1H3,(H,15,16)(H,9,10,11,12,14)/b13-4+. The quantitative estimate of drug-likeness (QED) is 0.473. The fourth-order valence-corrected chi connectivity index (χ4v) is 1.09. The number of carboxylic acid groups (broad SMARTS) is 1. The average molecular weight is 220 g/mol. The number of carboxylic acids is 1. The minimum atomic E-state index is -1.10. The van der Waals surface area contributed by atoms with Gasteiger partial charge in [0.15, 0.2) is 17.7 Å². The molecule has 1 atom stereocenters. The number of hydrazone groups is 1. The monoisotopic (exact) mass is 220 g/mol. The van der Waals surface area contributed by atoms with Crippen molar-refractivity contribution >= 4 is 36.0 Å². The Morgan fingerprint density at radius 1 is 1.50 bits per heavy atom. The van der Waals surface area contributed by atoms with Crippen LogP contribution in [0.5, 0.6) is 0 Å². The summed E-state index contributed by atoms with van der Waals surface area (Å²) in [6.07, 6.45) is 2.70. The minimum Gasteiger partial charge on any atom is -0.477 e.